The lowest BCUT2D eigenvalue weighted by molar-refractivity contribution is -0.114. The van der Waals surface area contributed by atoms with Crippen LogP contribution in [0.4, 0.5) is 5.13 Å². The third kappa shape index (κ3) is 2.55. The second-order valence-electron chi connectivity index (χ2n) is 3.30. The summed E-state index contributed by atoms with van der Waals surface area (Å²) in [6.45, 7) is 5.74. The van der Waals surface area contributed by atoms with Gasteiger partial charge in [-0.2, -0.15) is 0 Å². The van der Waals surface area contributed by atoms with Gasteiger partial charge < -0.3 is 5.32 Å². The largest absolute Gasteiger partial charge is 0.302 e. The van der Waals surface area contributed by atoms with E-state index < -0.39 is 0 Å². The van der Waals surface area contributed by atoms with E-state index in [0.717, 1.165) is 5.59 Å². The molecule has 1 heterocycles. The Morgan fingerprint density at radius 1 is 1.62 bits per heavy atom. The first-order valence-electron chi connectivity index (χ1n) is 4.25. The number of rotatable bonds is 2. The van der Waals surface area contributed by atoms with Crippen molar-refractivity contribution in [2.75, 3.05) is 5.32 Å². The molecule has 0 fully saturated rings. The minimum Gasteiger partial charge on any atom is -0.302 e. The first-order chi connectivity index (χ1) is 6.00. The average molecular weight is 196 g/mol. The van der Waals surface area contributed by atoms with Crippen molar-refractivity contribution in [2.24, 2.45) is 0 Å². The standard InChI is InChI=1S/C8H13BN2OS/c1-4(2)6-7(9)11-8(13-6)10-5(3)12/h4H,9H2,1-3H3,(H,10,11,12). The number of nitrogens with one attached hydrogen (secondary N) is 1. The summed E-state index contributed by atoms with van der Waals surface area (Å²) in [5.41, 5.74) is 1.02. The molecule has 1 aromatic rings. The summed E-state index contributed by atoms with van der Waals surface area (Å²) >= 11 is 1.55. The zero-order valence-corrected chi connectivity index (χ0v) is 9.16. The third-order valence-electron chi connectivity index (χ3n) is 1.64. The van der Waals surface area contributed by atoms with Crippen molar-refractivity contribution < 1.29 is 4.79 Å². The molecule has 0 aliphatic heterocycles. The van der Waals surface area contributed by atoms with Crippen molar-refractivity contribution in [3.8, 4) is 0 Å². The lowest BCUT2D eigenvalue weighted by atomic mass is 9.98. The van der Waals surface area contributed by atoms with E-state index in [-0.39, 0.29) is 5.91 Å². The molecule has 0 aliphatic rings. The zero-order chi connectivity index (χ0) is 10.0. The van der Waals surface area contributed by atoms with Crippen LogP contribution in [0.15, 0.2) is 0 Å². The van der Waals surface area contributed by atoms with E-state index >= 15 is 0 Å². The van der Waals surface area contributed by atoms with Gasteiger partial charge in [0.25, 0.3) is 0 Å². The van der Waals surface area contributed by atoms with E-state index in [1.807, 2.05) is 7.85 Å². The summed E-state index contributed by atoms with van der Waals surface area (Å²) in [4.78, 5) is 16.3. The molecular weight excluding hydrogens is 183 g/mol. The highest BCUT2D eigenvalue weighted by Crippen LogP contribution is 2.22. The topological polar surface area (TPSA) is 42.0 Å². The van der Waals surface area contributed by atoms with Crippen LogP contribution in [0.1, 0.15) is 31.6 Å². The summed E-state index contributed by atoms with van der Waals surface area (Å²) in [6.07, 6.45) is 0. The van der Waals surface area contributed by atoms with Gasteiger partial charge >= 0.3 is 0 Å². The van der Waals surface area contributed by atoms with Crippen LogP contribution in [0.2, 0.25) is 0 Å². The van der Waals surface area contributed by atoms with E-state index in [9.17, 15) is 4.79 Å². The molecule has 0 saturated heterocycles. The normalized spacial score (nSPS) is 10.5. The molecular formula is C8H13BN2OS. The summed E-state index contributed by atoms with van der Waals surface area (Å²) in [6, 6.07) is 0. The fourth-order valence-corrected chi connectivity index (χ4v) is 2.16. The van der Waals surface area contributed by atoms with Crippen molar-refractivity contribution >= 4 is 35.8 Å². The van der Waals surface area contributed by atoms with Crippen molar-refractivity contribution in [2.45, 2.75) is 26.7 Å². The Morgan fingerprint density at radius 2 is 2.23 bits per heavy atom. The van der Waals surface area contributed by atoms with E-state index in [4.69, 9.17) is 0 Å². The van der Waals surface area contributed by atoms with Crippen molar-refractivity contribution in [3.63, 3.8) is 0 Å². The summed E-state index contributed by atoms with van der Waals surface area (Å²) in [5.74, 6) is 0.407. The van der Waals surface area contributed by atoms with Gasteiger partial charge in [0.2, 0.25) is 5.91 Å². The van der Waals surface area contributed by atoms with E-state index in [1.165, 1.54) is 11.8 Å². The highest BCUT2D eigenvalue weighted by molar-refractivity contribution is 7.16. The Labute approximate surface area is 83.0 Å². The number of amides is 1. The van der Waals surface area contributed by atoms with Crippen LogP contribution in [0, 0.1) is 0 Å². The summed E-state index contributed by atoms with van der Waals surface area (Å²) < 4.78 is 0. The predicted molar refractivity (Wildman–Crippen MR) is 58.7 cm³/mol. The van der Waals surface area contributed by atoms with Crippen LogP contribution >= 0.6 is 11.3 Å². The Bertz CT molecular complexity index is 322. The smallest absolute Gasteiger partial charge is 0.223 e. The van der Waals surface area contributed by atoms with Gasteiger partial charge in [-0.05, 0) is 5.92 Å². The maximum atomic E-state index is 10.8. The van der Waals surface area contributed by atoms with Crippen LogP contribution in [0.3, 0.4) is 0 Å². The Kier molecular flexibility index (Phi) is 3.09. The number of aromatic nitrogens is 1. The maximum absolute atomic E-state index is 10.8. The molecule has 0 atom stereocenters. The molecule has 1 rings (SSSR count). The van der Waals surface area contributed by atoms with E-state index in [2.05, 4.69) is 24.1 Å². The van der Waals surface area contributed by atoms with Crippen LogP contribution in [-0.2, 0) is 4.79 Å². The average Bonchev–Trinajstić information content (AvgIpc) is 2.29. The molecule has 1 N–H and O–H groups in total. The monoisotopic (exact) mass is 196 g/mol. The number of nitrogens with zero attached hydrogens (tertiary/aromatic N) is 1. The van der Waals surface area contributed by atoms with Crippen LogP contribution in [0.5, 0.6) is 0 Å². The van der Waals surface area contributed by atoms with Gasteiger partial charge in [0.05, 0.1) is 0 Å². The lowest BCUT2D eigenvalue weighted by Gasteiger charge is -1.99. The van der Waals surface area contributed by atoms with Crippen LogP contribution in [-0.4, -0.2) is 18.7 Å². The van der Waals surface area contributed by atoms with Crippen molar-refractivity contribution in [1.82, 2.24) is 4.98 Å². The van der Waals surface area contributed by atoms with Gasteiger partial charge in [0, 0.05) is 17.4 Å². The molecule has 0 spiro atoms. The van der Waals surface area contributed by atoms with Gasteiger partial charge in [0.1, 0.15) is 0 Å². The summed E-state index contributed by atoms with van der Waals surface area (Å²) in [5, 5.41) is 3.39. The number of thiazole rings is 1. The van der Waals surface area contributed by atoms with E-state index in [0.29, 0.717) is 11.0 Å². The molecule has 0 saturated carbocycles. The molecule has 5 heteroatoms. The molecule has 13 heavy (non-hydrogen) atoms. The van der Waals surface area contributed by atoms with Crippen LogP contribution < -0.4 is 10.9 Å². The molecule has 1 amide bonds. The van der Waals surface area contributed by atoms with Crippen LogP contribution in [0.25, 0.3) is 0 Å². The Hall–Kier alpha value is -0.835. The number of hydrogen-bond donors (Lipinski definition) is 1. The molecule has 0 unspecified atom stereocenters. The minimum atomic E-state index is -0.0657. The molecule has 0 bridgehead atoms. The number of carbonyl (C=O) groups excluding carboxylic acids is 1. The number of anilines is 1. The minimum absolute atomic E-state index is 0.0657. The SMILES string of the molecule is Bc1nc(NC(C)=O)sc1C(C)C. The second-order valence-corrected chi connectivity index (χ2v) is 4.34. The fraction of sp³-hybridized carbons (Fsp3) is 0.500. The molecule has 0 radical (unpaired) electrons. The first kappa shape index (κ1) is 10.2. The number of carbonyl (C=O) groups is 1. The third-order valence-corrected chi connectivity index (χ3v) is 3.01. The van der Waals surface area contributed by atoms with Crippen molar-refractivity contribution in [1.29, 1.82) is 0 Å². The van der Waals surface area contributed by atoms with Gasteiger partial charge in [0.15, 0.2) is 13.0 Å². The lowest BCUT2D eigenvalue weighted by Crippen LogP contribution is -2.11. The molecule has 3 nitrogen and oxygen atoms in total. The van der Waals surface area contributed by atoms with Gasteiger partial charge in [-0.25, -0.2) is 4.98 Å². The predicted octanol–water partition coefficient (Wildman–Crippen LogP) is 0.483. The Morgan fingerprint density at radius 3 is 2.62 bits per heavy atom. The zero-order valence-electron chi connectivity index (χ0n) is 8.34. The fourth-order valence-electron chi connectivity index (χ4n) is 1.15. The maximum Gasteiger partial charge on any atom is 0.223 e. The Balaban J connectivity index is 2.88. The van der Waals surface area contributed by atoms with Crippen molar-refractivity contribution in [3.05, 3.63) is 4.88 Å². The molecule has 1 aromatic heterocycles. The molecule has 0 aliphatic carbocycles. The highest BCUT2D eigenvalue weighted by atomic mass is 32.1. The van der Waals surface area contributed by atoms with Gasteiger partial charge in [-0.1, -0.05) is 13.8 Å². The number of hydrogen-bond acceptors (Lipinski definition) is 3. The second kappa shape index (κ2) is 3.92. The summed E-state index contributed by atoms with van der Waals surface area (Å²) in [7, 11) is 1.97. The van der Waals surface area contributed by atoms with Gasteiger partial charge in [-0.15, -0.1) is 11.3 Å². The molecule has 0 aromatic carbocycles. The van der Waals surface area contributed by atoms with Gasteiger partial charge in [-0.3, -0.25) is 4.79 Å². The van der Waals surface area contributed by atoms with E-state index in [1.54, 1.807) is 11.3 Å². The highest BCUT2D eigenvalue weighted by Gasteiger charge is 2.10. The quantitative estimate of drug-likeness (QED) is 0.699. The molecule has 70 valence electrons. The first-order valence-corrected chi connectivity index (χ1v) is 5.07.